The van der Waals surface area contributed by atoms with Crippen LogP contribution in [0.25, 0.3) is 27.2 Å². The van der Waals surface area contributed by atoms with E-state index in [0.717, 1.165) is 74.1 Å². The molecule has 184 valence electrons. The first-order chi connectivity index (χ1) is 17.4. The number of hydrogen-bond donors (Lipinski definition) is 3. The van der Waals surface area contributed by atoms with Crippen LogP contribution in [0.3, 0.4) is 0 Å². The van der Waals surface area contributed by atoms with Gasteiger partial charge in [-0.3, -0.25) is 0 Å². The Kier molecular flexibility index (Phi) is 7.80. The maximum atomic E-state index is 13.6. The number of imidazole rings is 1. The molecular formula is C29H30FN5S. The van der Waals surface area contributed by atoms with Gasteiger partial charge in [-0.05, 0) is 72.5 Å². The molecule has 0 aliphatic rings. The molecule has 0 saturated carbocycles. The van der Waals surface area contributed by atoms with Gasteiger partial charge in [-0.15, -0.1) is 11.3 Å². The molecule has 3 aromatic heterocycles. The Balaban J connectivity index is 1.63. The minimum Gasteiger partial charge on any atom is -0.398 e. The second-order valence-corrected chi connectivity index (χ2v) is 9.50. The lowest BCUT2D eigenvalue weighted by molar-refractivity contribution is 0.657. The first-order valence-corrected chi connectivity index (χ1v) is 12.7. The highest BCUT2D eigenvalue weighted by molar-refractivity contribution is 7.14. The van der Waals surface area contributed by atoms with Gasteiger partial charge in [0.15, 0.2) is 10.8 Å². The number of pyridine rings is 1. The van der Waals surface area contributed by atoms with Crippen LogP contribution >= 0.6 is 11.3 Å². The first kappa shape index (κ1) is 25.1. The molecule has 0 unspecified atom stereocenters. The van der Waals surface area contributed by atoms with E-state index in [1.807, 2.05) is 25.1 Å². The summed E-state index contributed by atoms with van der Waals surface area (Å²) in [6, 6.07) is 11.1. The van der Waals surface area contributed by atoms with E-state index in [-0.39, 0.29) is 5.13 Å². The normalized spacial score (nSPS) is 12.2. The average molecular weight is 500 g/mol. The molecule has 0 radical (unpaired) electrons. The van der Waals surface area contributed by atoms with Crippen molar-refractivity contribution in [1.82, 2.24) is 20.3 Å². The van der Waals surface area contributed by atoms with Crippen LogP contribution in [-0.2, 0) is 6.42 Å². The molecule has 0 spiro atoms. The molecule has 4 N–H and O–H groups in total. The van der Waals surface area contributed by atoms with Crippen molar-refractivity contribution < 1.29 is 4.39 Å². The number of aromatic nitrogens is 3. The van der Waals surface area contributed by atoms with Crippen LogP contribution in [0.1, 0.15) is 43.6 Å². The first-order valence-electron chi connectivity index (χ1n) is 11.8. The lowest BCUT2D eigenvalue weighted by Gasteiger charge is -2.12. The third-order valence-corrected chi connectivity index (χ3v) is 6.74. The standard InChI is InChI=1S/C29H30FN5S/c1-5-8-18(4)33-22(7-3)16-19(6-2)20-9-10-24(31)21(15-20)17-27-34-28-23(13-14-32-29(28)35-27)25-11-12-26(30)36-25/h6-7,9-16,33H,3-5,8,17,31H2,1-2H3,(H,32,34,35)/b19-6+,22-16+. The molecule has 0 aliphatic carbocycles. The molecule has 4 rings (SSSR count). The van der Waals surface area contributed by atoms with Gasteiger partial charge in [0.25, 0.3) is 0 Å². The second-order valence-electron chi connectivity index (χ2n) is 8.46. The van der Waals surface area contributed by atoms with Crippen LogP contribution in [-0.4, -0.2) is 15.0 Å². The summed E-state index contributed by atoms with van der Waals surface area (Å²) in [7, 11) is 0. The number of rotatable bonds is 10. The van der Waals surface area contributed by atoms with Gasteiger partial charge < -0.3 is 16.0 Å². The number of allylic oxidation sites excluding steroid dienone is 5. The molecule has 0 fully saturated rings. The number of halogens is 1. The fourth-order valence-electron chi connectivity index (χ4n) is 4.04. The molecule has 3 heterocycles. The average Bonchev–Trinajstić information content (AvgIpc) is 3.48. The molecule has 0 atom stereocenters. The van der Waals surface area contributed by atoms with Gasteiger partial charge in [-0.25, -0.2) is 9.97 Å². The highest BCUT2D eigenvalue weighted by Crippen LogP contribution is 2.32. The maximum Gasteiger partial charge on any atom is 0.178 e. The van der Waals surface area contributed by atoms with Crippen LogP contribution in [0, 0.1) is 5.13 Å². The molecule has 4 aromatic rings. The number of anilines is 1. The summed E-state index contributed by atoms with van der Waals surface area (Å²) in [5, 5.41) is 3.12. The molecular weight excluding hydrogens is 469 g/mol. The summed E-state index contributed by atoms with van der Waals surface area (Å²) in [5.74, 6) is 0.743. The number of nitrogens with zero attached hydrogens (tertiary/aromatic N) is 2. The van der Waals surface area contributed by atoms with Crippen molar-refractivity contribution in [2.24, 2.45) is 0 Å². The number of nitrogens with one attached hydrogen (secondary N) is 2. The Hall–Kier alpha value is -3.97. The quantitative estimate of drug-likeness (QED) is 0.157. The molecule has 0 bridgehead atoms. The number of hydrogen-bond acceptors (Lipinski definition) is 5. The van der Waals surface area contributed by atoms with Crippen molar-refractivity contribution >= 4 is 33.8 Å². The highest BCUT2D eigenvalue weighted by atomic mass is 32.1. The zero-order chi connectivity index (χ0) is 25.7. The SMILES string of the molecule is C=C/C(=C\C(=C/C)c1ccc(N)c(Cc2nc3nccc(-c4ccc(F)s4)c3[nH]2)c1)NC(=C)CCC. The Bertz CT molecular complexity index is 1470. The van der Waals surface area contributed by atoms with Crippen molar-refractivity contribution in [2.45, 2.75) is 33.1 Å². The number of thiophene rings is 1. The lowest BCUT2D eigenvalue weighted by Crippen LogP contribution is -2.10. The third kappa shape index (κ3) is 5.63. The summed E-state index contributed by atoms with van der Waals surface area (Å²) in [6.45, 7) is 12.1. The third-order valence-electron chi connectivity index (χ3n) is 5.83. The van der Waals surface area contributed by atoms with E-state index in [4.69, 9.17) is 5.73 Å². The van der Waals surface area contributed by atoms with Crippen LogP contribution < -0.4 is 11.1 Å². The van der Waals surface area contributed by atoms with E-state index in [1.54, 1.807) is 18.3 Å². The zero-order valence-electron chi connectivity index (χ0n) is 20.6. The van der Waals surface area contributed by atoms with Gasteiger partial charge in [0.05, 0.1) is 5.52 Å². The Labute approximate surface area is 215 Å². The van der Waals surface area contributed by atoms with E-state index < -0.39 is 0 Å². The van der Waals surface area contributed by atoms with E-state index in [1.165, 1.54) is 6.07 Å². The Morgan fingerprint density at radius 3 is 2.78 bits per heavy atom. The topological polar surface area (TPSA) is 79.6 Å². The Morgan fingerprint density at radius 2 is 2.08 bits per heavy atom. The monoisotopic (exact) mass is 499 g/mol. The summed E-state index contributed by atoms with van der Waals surface area (Å²) in [5.41, 5.74) is 14.2. The predicted octanol–water partition coefficient (Wildman–Crippen LogP) is 7.38. The number of H-pyrrole nitrogens is 1. The fourth-order valence-corrected chi connectivity index (χ4v) is 4.80. The molecule has 0 amide bonds. The maximum absolute atomic E-state index is 13.6. The van der Waals surface area contributed by atoms with Gasteiger partial charge in [-0.1, -0.05) is 38.6 Å². The lowest BCUT2D eigenvalue weighted by atomic mass is 9.99. The molecule has 7 heteroatoms. The minimum absolute atomic E-state index is 0.224. The predicted molar refractivity (Wildman–Crippen MR) is 150 cm³/mol. The highest BCUT2D eigenvalue weighted by Gasteiger charge is 2.14. The fraction of sp³-hybridized carbons (Fsp3) is 0.172. The molecule has 1 aromatic carbocycles. The number of nitrogen functional groups attached to an aromatic ring is 1. The molecule has 36 heavy (non-hydrogen) atoms. The number of fused-ring (bicyclic) bond motifs is 1. The molecule has 0 aliphatic heterocycles. The number of benzene rings is 1. The second kappa shape index (κ2) is 11.2. The molecule has 5 nitrogen and oxygen atoms in total. The summed E-state index contributed by atoms with van der Waals surface area (Å²) >= 11 is 1.10. The van der Waals surface area contributed by atoms with E-state index in [0.29, 0.717) is 17.8 Å². The van der Waals surface area contributed by atoms with Crippen LogP contribution in [0.2, 0.25) is 0 Å². The Morgan fingerprint density at radius 1 is 1.25 bits per heavy atom. The summed E-state index contributed by atoms with van der Waals surface area (Å²) in [4.78, 5) is 13.3. The van der Waals surface area contributed by atoms with Crippen molar-refractivity contribution in [3.63, 3.8) is 0 Å². The van der Waals surface area contributed by atoms with Gasteiger partial charge in [-0.2, -0.15) is 4.39 Å². The van der Waals surface area contributed by atoms with E-state index >= 15 is 0 Å². The largest absolute Gasteiger partial charge is 0.398 e. The van der Waals surface area contributed by atoms with Crippen molar-refractivity contribution in [3.05, 3.63) is 107 Å². The van der Waals surface area contributed by atoms with Crippen LogP contribution in [0.15, 0.2) is 85.4 Å². The van der Waals surface area contributed by atoms with E-state index in [2.05, 4.69) is 58.6 Å². The minimum atomic E-state index is -0.224. The van der Waals surface area contributed by atoms with Crippen molar-refractivity contribution in [3.8, 4) is 10.4 Å². The van der Waals surface area contributed by atoms with E-state index in [9.17, 15) is 4.39 Å². The van der Waals surface area contributed by atoms with Crippen LogP contribution in [0.5, 0.6) is 0 Å². The summed E-state index contributed by atoms with van der Waals surface area (Å²) < 4.78 is 13.6. The summed E-state index contributed by atoms with van der Waals surface area (Å²) in [6.07, 6.45) is 10.0. The van der Waals surface area contributed by atoms with Gasteiger partial charge >= 0.3 is 0 Å². The number of aromatic amines is 1. The molecule has 0 saturated heterocycles. The van der Waals surface area contributed by atoms with Gasteiger partial charge in [0.2, 0.25) is 0 Å². The van der Waals surface area contributed by atoms with Gasteiger partial charge in [0.1, 0.15) is 5.82 Å². The van der Waals surface area contributed by atoms with Crippen molar-refractivity contribution in [2.75, 3.05) is 5.73 Å². The van der Waals surface area contributed by atoms with Crippen molar-refractivity contribution in [1.29, 1.82) is 0 Å². The van der Waals surface area contributed by atoms with Crippen LogP contribution in [0.4, 0.5) is 10.1 Å². The number of nitrogens with two attached hydrogens (primary N) is 1. The zero-order valence-corrected chi connectivity index (χ0v) is 21.4. The smallest absolute Gasteiger partial charge is 0.178 e. The van der Waals surface area contributed by atoms with Gasteiger partial charge in [0, 0.05) is 40.1 Å².